The fraction of sp³-hybridized carbons (Fsp3) is 0.381. The van der Waals surface area contributed by atoms with Gasteiger partial charge in [-0.15, -0.1) is 12.4 Å². The molecule has 3 N–H and O–H groups in total. The fourth-order valence-electron chi connectivity index (χ4n) is 3.07. The van der Waals surface area contributed by atoms with Crippen LogP contribution in [0.4, 0.5) is 0 Å². The zero-order valence-electron chi connectivity index (χ0n) is 15.3. The number of halogens is 1. The van der Waals surface area contributed by atoms with Gasteiger partial charge < -0.3 is 20.5 Å². The van der Waals surface area contributed by atoms with Gasteiger partial charge in [-0.05, 0) is 29.5 Å². The van der Waals surface area contributed by atoms with Gasteiger partial charge in [-0.25, -0.2) is 0 Å². The van der Waals surface area contributed by atoms with Crippen LogP contribution in [0.15, 0.2) is 54.6 Å². The zero-order chi connectivity index (χ0) is 18.2. The topological polar surface area (TPSA) is 73.6 Å². The van der Waals surface area contributed by atoms with Gasteiger partial charge in [0, 0.05) is 13.1 Å². The number of nitrogens with two attached hydrogens (primary N) is 1. The first-order valence-corrected chi connectivity index (χ1v) is 9.07. The Bertz CT molecular complexity index is 712. The summed E-state index contributed by atoms with van der Waals surface area (Å²) in [5.41, 5.74) is 8.88. The van der Waals surface area contributed by atoms with E-state index in [2.05, 4.69) is 11.4 Å². The minimum Gasteiger partial charge on any atom is -0.372 e. The summed E-state index contributed by atoms with van der Waals surface area (Å²) in [7, 11) is 0. The predicted molar refractivity (Wildman–Crippen MR) is 107 cm³/mol. The van der Waals surface area contributed by atoms with Crippen LogP contribution in [0.3, 0.4) is 0 Å². The molecule has 2 atom stereocenters. The lowest BCUT2D eigenvalue weighted by atomic mass is 10.1. The summed E-state index contributed by atoms with van der Waals surface area (Å²) >= 11 is 0. The van der Waals surface area contributed by atoms with E-state index in [0.29, 0.717) is 26.3 Å². The van der Waals surface area contributed by atoms with Crippen molar-refractivity contribution in [1.29, 1.82) is 0 Å². The van der Waals surface area contributed by atoms with Crippen LogP contribution in [-0.4, -0.2) is 24.7 Å². The van der Waals surface area contributed by atoms with Crippen molar-refractivity contribution in [1.82, 2.24) is 5.32 Å². The lowest BCUT2D eigenvalue weighted by Crippen LogP contribution is -2.35. The number of hydrogen-bond acceptors (Lipinski definition) is 4. The highest BCUT2D eigenvalue weighted by molar-refractivity contribution is 5.85. The van der Waals surface area contributed by atoms with Gasteiger partial charge in [0.2, 0.25) is 5.91 Å². The third kappa shape index (κ3) is 6.63. The van der Waals surface area contributed by atoms with Crippen LogP contribution >= 0.6 is 12.4 Å². The number of ether oxygens (including phenoxy) is 2. The Morgan fingerprint density at radius 1 is 1.04 bits per heavy atom. The van der Waals surface area contributed by atoms with E-state index in [1.165, 1.54) is 0 Å². The van der Waals surface area contributed by atoms with E-state index in [1.807, 2.05) is 48.5 Å². The average molecular weight is 391 g/mol. The molecule has 27 heavy (non-hydrogen) atoms. The molecule has 1 saturated heterocycles. The number of carbonyl (C=O) groups excluding carboxylic acids is 1. The predicted octanol–water partition coefficient (Wildman–Crippen LogP) is 2.95. The van der Waals surface area contributed by atoms with Crippen molar-refractivity contribution < 1.29 is 14.3 Å². The van der Waals surface area contributed by atoms with Crippen LogP contribution < -0.4 is 11.1 Å². The molecule has 1 aliphatic rings. The lowest BCUT2D eigenvalue weighted by Gasteiger charge is -2.13. The van der Waals surface area contributed by atoms with E-state index in [0.717, 1.165) is 29.5 Å². The molecule has 146 valence electrons. The van der Waals surface area contributed by atoms with Crippen LogP contribution in [0, 0.1) is 0 Å². The summed E-state index contributed by atoms with van der Waals surface area (Å²) in [4.78, 5) is 12.2. The molecule has 6 heteroatoms. The summed E-state index contributed by atoms with van der Waals surface area (Å²) in [5, 5.41) is 2.95. The van der Waals surface area contributed by atoms with E-state index in [-0.39, 0.29) is 30.5 Å². The molecule has 0 aromatic heterocycles. The molecule has 0 bridgehead atoms. The van der Waals surface area contributed by atoms with Gasteiger partial charge in [0.05, 0.1) is 19.3 Å². The number of amides is 1. The first-order chi connectivity index (χ1) is 12.7. The third-order valence-electron chi connectivity index (χ3n) is 4.50. The summed E-state index contributed by atoms with van der Waals surface area (Å²) in [5.74, 6) is -0.0633. The van der Waals surface area contributed by atoms with Gasteiger partial charge in [0.25, 0.3) is 0 Å². The number of hydrogen-bond donors (Lipinski definition) is 2. The number of rotatable bonds is 8. The molecule has 3 rings (SSSR count). The molecule has 2 aromatic carbocycles. The largest absolute Gasteiger partial charge is 0.372 e. The van der Waals surface area contributed by atoms with E-state index < -0.39 is 0 Å². The Labute approximate surface area is 166 Å². The SMILES string of the molecule is Cl.NC[C@H]1CC[C@@H](C(=O)NCc2cccc(COCc3ccccc3)c2)O1. The maximum atomic E-state index is 12.2. The molecular formula is C21H27ClN2O3. The van der Waals surface area contributed by atoms with E-state index in [4.69, 9.17) is 15.2 Å². The molecule has 0 spiro atoms. The summed E-state index contributed by atoms with van der Waals surface area (Å²) < 4.78 is 11.4. The Kier molecular flexibility index (Phi) is 8.75. The Morgan fingerprint density at radius 3 is 2.48 bits per heavy atom. The van der Waals surface area contributed by atoms with Crippen LogP contribution in [0.1, 0.15) is 29.5 Å². The van der Waals surface area contributed by atoms with Gasteiger partial charge in [-0.1, -0.05) is 54.6 Å². The van der Waals surface area contributed by atoms with Crippen molar-refractivity contribution in [2.75, 3.05) is 6.54 Å². The van der Waals surface area contributed by atoms with E-state index >= 15 is 0 Å². The van der Waals surface area contributed by atoms with Crippen LogP contribution in [0.25, 0.3) is 0 Å². The molecule has 0 aliphatic carbocycles. The van der Waals surface area contributed by atoms with Gasteiger partial charge in [-0.2, -0.15) is 0 Å². The molecule has 1 aliphatic heterocycles. The molecule has 0 saturated carbocycles. The van der Waals surface area contributed by atoms with Crippen molar-refractivity contribution in [3.63, 3.8) is 0 Å². The Hall–Kier alpha value is -1.92. The first-order valence-electron chi connectivity index (χ1n) is 9.07. The van der Waals surface area contributed by atoms with Crippen molar-refractivity contribution in [3.05, 3.63) is 71.3 Å². The van der Waals surface area contributed by atoms with Crippen molar-refractivity contribution >= 4 is 18.3 Å². The smallest absolute Gasteiger partial charge is 0.249 e. The zero-order valence-corrected chi connectivity index (χ0v) is 16.1. The Balaban J connectivity index is 0.00000261. The standard InChI is InChI=1S/C21H26N2O3.ClH/c22-12-19-9-10-20(26-19)21(24)23-13-17-7-4-8-18(11-17)15-25-14-16-5-2-1-3-6-16;/h1-8,11,19-20H,9-10,12-15,22H2,(H,23,24);1H/t19-,20+;/m1./s1. The van der Waals surface area contributed by atoms with E-state index in [1.54, 1.807) is 0 Å². The first kappa shape index (κ1) is 21.4. The number of nitrogens with one attached hydrogen (secondary N) is 1. The Morgan fingerprint density at radius 2 is 1.74 bits per heavy atom. The second-order valence-electron chi connectivity index (χ2n) is 6.58. The molecular weight excluding hydrogens is 364 g/mol. The van der Waals surface area contributed by atoms with Gasteiger partial charge >= 0.3 is 0 Å². The highest BCUT2D eigenvalue weighted by Gasteiger charge is 2.29. The molecule has 1 amide bonds. The minimum absolute atomic E-state index is 0. The fourth-order valence-corrected chi connectivity index (χ4v) is 3.07. The molecule has 2 aromatic rings. The molecule has 5 nitrogen and oxygen atoms in total. The van der Waals surface area contributed by atoms with Crippen LogP contribution in [0.5, 0.6) is 0 Å². The third-order valence-corrected chi connectivity index (χ3v) is 4.50. The minimum atomic E-state index is -0.374. The van der Waals surface area contributed by atoms with Gasteiger partial charge in [0.15, 0.2) is 0 Å². The van der Waals surface area contributed by atoms with Crippen molar-refractivity contribution in [3.8, 4) is 0 Å². The molecule has 1 fully saturated rings. The quantitative estimate of drug-likeness (QED) is 0.726. The maximum absolute atomic E-state index is 12.2. The second-order valence-corrected chi connectivity index (χ2v) is 6.58. The van der Waals surface area contributed by atoms with Crippen molar-refractivity contribution in [2.45, 2.75) is 44.8 Å². The summed E-state index contributed by atoms with van der Waals surface area (Å²) in [6.45, 7) is 2.08. The lowest BCUT2D eigenvalue weighted by molar-refractivity contribution is -0.132. The highest BCUT2D eigenvalue weighted by atomic mass is 35.5. The van der Waals surface area contributed by atoms with E-state index in [9.17, 15) is 4.79 Å². The van der Waals surface area contributed by atoms with Crippen LogP contribution in [-0.2, 0) is 34.0 Å². The molecule has 1 heterocycles. The summed E-state index contributed by atoms with van der Waals surface area (Å²) in [6, 6.07) is 18.2. The maximum Gasteiger partial charge on any atom is 0.249 e. The number of benzene rings is 2. The van der Waals surface area contributed by atoms with Gasteiger partial charge in [0.1, 0.15) is 6.10 Å². The second kappa shape index (κ2) is 11.0. The van der Waals surface area contributed by atoms with Crippen LogP contribution in [0.2, 0.25) is 0 Å². The van der Waals surface area contributed by atoms with Gasteiger partial charge in [-0.3, -0.25) is 4.79 Å². The number of carbonyl (C=O) groups is 1. The average Bonchev–Trinajstić information content (AvgIpc) is 3.17. The highest BCUT2D eigenvalue weighted by Crippen LogP contribution is 2.19. The monoisotopic (exact) mass is 390 g/mol. The molecule has 0 radical (unpaired) electrons. The van der Waals surface area contributed by atoms with Crippen molar-refractivity contribution in [2.24, 2.45) is 5.73 Å². The normalized spacial score (nSPS) is 18.7. The molecule has 0 unspecified atom stereocenters. The summed E-state index contributed by atoms with van der Waals surface area (Å²) in [6.07, 6.45) is 1.22.